The van der Waals surface area contributed by atoms with Crippen LogP contribution in [-0.4, -0.2) is 0 Å². The molecule has 1 nitrogen and oxygen atoms in total. The van der Waals surface area contributed by atoms with E-state index in [4.69, 9.17) is 5.73 Å². The van der Waals surface area contributed by atoms with E-state index < -0.39 is 0 Å². The van der Waals surface area contributed by atoms with E-state index in [9.17, 15) is 0 Å². The first-order valence-corrected chi connectivity index (χ1v) is 5.50. The minimum atomic E-state index is 0.784. The molecule has 0 heterocycles. The molecule has 0 aliphatic carbocycles. The fraction of sp³-hybridized carbons (Fsp3) is 0.200. The van der Waals surface area contributed by atoms with E-state index in [1.54, 1.807) is 0 Å². The first kappa shape index (κ1) is 12.3. The maximum atomic E-state index is 5.73. The van der Waals surface area contributed by atoms with Crippen LogP contribution in [0.15, 0.2) is 54.3 Å². The second-order valence-electron chi connectivity index (χ2n) is 3.73. The van der Waals surface area contributed by atoms with E-state index in [1.165, 1.54) is 16.7 Å². The number of hydrogen-bond donors (Lipinski definition) is 1. The molecule has 0 atom stereocenters. The van der Waals surface area contributed by atoms with Gasteiger partial charge in [-0.2, -0.15) is 0 Å². The van der Waals surface area contributed by atoms with Crippen molar-refractivity contribution in [1.82, 2.24) is 0 Å². The van der Waals surface area contributed by atoms with Gasteiger partial charge < -0.3 is 5.73 Å². The van der Waals surface area contributed by atoms with Crippen molar-refractivity contribution in [2.24, 2.45) is 5.73 Å². The predicted octanol–water partition coefficient (Wildman–Crippen LogP) is 3.82. The van der Waals surface area contributed by atoms with E-state index in [-0.39, 0.29) is 0 Å². The monoisotopic (exact) mass is 213 g/mol. The van der Waals surface area contributed by atoms with Crippen molar-refractivity contribution in [3.63, 3.8) is 0 Å². The third-order valence-electron chi connectivity index (χ3n) is 2.48. The fourth-order valence-electron chi connectivity index (χ4n) is 1.39. The summed E-state index contributed by atoms with van der Waals surface area (Å²) >= 11 is 0. The normalized spacial score (nSPS) is 13.4. The van der Waals surface area contributed by atoms with Gasteiger partial charge in [-0.1, -0.05) is 48.1 Å². The van der Waals surface area contributed by atoms with Gasteiger partial charge in [-0.3, -0.25) is 0 Å². The van der Waals surface area contributed by atoms with Crippen molar-refractivity contribution in [2.45, 2.75) is 20.8 Å². The molecule has 16 heavy (non-hydrogen) atoms. The van der Waals surface area contributed by atoms with Crippen LogP contribution in [0.25, 0.3) is 5.57 Å². The van der Waals surface area contributed by atoms with Crippen molar-refractivity contribution < 1.29 is 0 Å². The Labute approximate surface area is 98.0 Å². The Morgan fingerprint density at radius 2 is 1.62 bits per heavy atom. The topological polar surface area (TPSA) is 26.0 Å². The SMILES string of the molecule is CC=C(/C=C\C(N)=C/C)c1ccc(C)cc1. The summed E-state index contributed by atoms with van der Waals surface area (Å²) in [5.74, 6) is 0. The number of aryl methyl sites for hydroxylation is 1. The van der Waals surface area contributed by atoms with Gasteiger partial charge >= 0.3 is 0 Å². The number of rotatable bonds is 3. The summed E-state index contributed by atoms with van der Waals surface area (Å²) in [6, 6.07) is 8.49. The molecule has 84 valence electrons. The minimum Gasteiger partial charge on any atom is -0.399 e. The molecular formula is C15H19N. The van der Waals surface area contributed by atoms with Crippen LogP contribution < -0.4 is 5.73 Å². The van der Waals surface area contributed by atoms with Crippen molar-refractivity contribution in [2.75, 3.05) is 0 Å². The highest BCUT2D eigenvalue weighted by atomic mass is 14.5. The van der Waals surface area contributed by atoms with Gasteiger partial charge in [0.25, 0.3) is 0 Å². The molecule has 0 saturated carbocycles. The standard InChI is InChI=1S/C15H19N/c1-4-13(10-11-15(16)5-2)14-8-6-12(3)7-9-14/h4-11H,16H2,1-3H3/b11-10-,13-4?,15-5+. The average molecular weight is 213 g/mol. The Kier molecular flexibility index (Phi) is 4.59. The largest absolute Gasteiger partial charge is 0.399 e. The highest BCUT2D eigenvalue weighted by molar-refractivity contribution is 5.74. The lowest BCUT2D eigenvalue weighted by atomic mass is 10.0. The Morgan fingerprint density at radius 1 is 1.00 bits per heavy atom. The first-order valence-electron chi connectivity index (χ1n) is 5.50. The summed E-state index contributed by atoms with van der Waals surface area (Å²) in [6.45, 7) is 6.05. The molecule has 1 rings (SSSR count). The Bertz CT molecular complexity index is 419. The molecule has 0 amide bonds. The van der Waals surface area contributed by atoms with Crippen LogP contribution in [0, 0.1) is 6.92 Å². The molecule has 0 spiro atoms. The average Bonchev–Trinajstić information content (AvgIpc) is 2.31. The Morgan fingerprint density at radius 3 is 2.12 bits per heavy atom. The van der Waals surface area contributed by atoms with E-state index in [1.807, 2.05) is 32.1 Å². The van der Waals surface area contributed by atoms with Crippen molar-refractivity contribution in [3.05, 3.63) is 65.4 Å². The van der Waals surface area contributed by atoms with Crippen LogP contribution in [0.5, 0.6) is 0 Å². The van der Waals surface area contributed by atoms with Gasteiger partial charge in [-0.15, -0.1) is 0 Å². The van der Waals surface area contributed by atoms with Crippen molar-refractivity contribution in [3.8, 4) is 0 Å². The molecule has 2 N–H and O–H groups in total. The summed E-state index contributed by atoms with van der Waals surface area (Å²) in [5, 5.41) is 0. The maximum absolute atomic E-state index is 5.73. The smallest absolute Gasteiger partial charge is 0.0270 e. The number of benzene rings is 1. The Hall–Kier alpha value is -1.76. The molecule has 0 saturated heterocycles. The summed E-state index contributed by atoms with van der Waals surface area (Å²) in [6.07, 6.45) is 7.94. The van der Waals surface area contributed by atoms with Gasteiger partial charge in [-0.05, 0) is 38.0 Å². The molecule has 0 radical (unpaired) electrons. The molecule has 0 unspecified atom stereocenters. The molecule has 0 fully saturated rings. The zero-order valence-electron chi connectivity index (χ0n) is 10.2. The second-order valence-corrected chi connectivity index (χ2v) is 3.73. The molecule has 1 aromatic carbocycles. The van der Waals surface area contributed by atoms with Crippen LogP contribution in [0.1, 0.15) is 25.0 Å². The van der Waals surface area contributed by atoms with E-state index >= 15 is 0 Å². The summed E-state index contributed by atoms with van der Waals surface area (Å²) < 4.78 is 0. The fourth-order valence-corrected chi connectivity index (χ4v) is 1.39. The van der Waals surface area contributed by atoms with E-state index in [0.29, 0.717) is 0 Å². The summed E-state index contributed by atoms with van der Waals surface area (Å²) in [5.41, 5.74) is 10.2. The predicted molar refractivity (Wildman–Crippen MR) is 71.9 cm³/mol. The molecular weight excluding hydrogens is 194 g/mol. The van der Waals surface area contributed by atoms with Gasteiger partial charge in [0, 0.05) is 5.70 Å². The van der Waals surface area contributed by atoms with Crippen LogP contribution in [0.4, 0.5) is 0 Å². The third-order valence-corrected chi connectivity index (χ3v) is 2.48. The lowest BCUT2D eigenvalue weighted by Crippen LogP contribution is -1.91. The molecule has 0 aliphatic heterocycles. The van der Waals surface area contributed by atoms with Gasteiger partial charge in [-0.25, -0.2) is 0 Å². The molecule has 0 aromatic heterocycles. The van der Waals surface area contributed by atoms with Crippen LogP contribution in [0.2, 0.25) is 0 Å². The van der Waals surface area contributed by atoms with Crippen LogP contribution >= 0.6 is 0 Å². The van der Waals surface area contributed by atoms with Gasteiger partial charge in [0.2, 0.25) is 0 Å². The second kappa shape index (κ2) is 5.96. The van der Waals surface area contributed by atoms with Crippen LogP contribution in [0.3, 0.4) is 0 Å². The lowest BCUT2D eigenvalue weighted by molar-refractivity contribution is 1.39. The van der Waals surface area contributed by atoms with Gasteiger partial charge in [0.05, 0.1) is 0 Å². The van der Waals surface area contributed by atoms with Gasteiger partial charge in [0.15, 0.2) is 0 Å². The molecule has 0 bridgehead atoms. The number of hydrogen-bond acceptors (Lipinski definition) is 1. The highest BCUT2D eigenvalue weighted by Crippen LogP contribution is 2.16. The van der Waals surface area contributed by atoms with Crippen molar-refractivity contribution >= 4 is 5.57 Å². The number of nitrogens with two attached hydrogens (primary N) is 1. The van der Waals surface area contributed by atoms with E-state index in [0.717, 1.165) is 5.70 Å². The number of allylic oxidation sites excluding steroid dienone is 5. The molecule has 1 heteroatoms. The zero-order chi connectivity index (χ0) is 12.0. The maximum Gasteiger partial charge on any atom is 0.0270 e. The molecule has 1 aromatic rings. The lowest BCUT2D eigenvalue weighted by Gasteiger charge is -2.02. The minimum absolute atomic E-state index is 0.784. The van der Waals surface area contributed by atoms with Crippen molar-refractivity contribution in [1.29, 1.82) is 0 Å². The summed E-state index contributed by atoms with van der Waals surface area (Å²) in [4.78, 5) is 0. The van der Waals surface area contributed by atoms with Gasteiger partial charge in [0.1, 0.15) is 0 Å². The van der Waals surface area contributed by atoms with E-state index in [2.05, 4.69) is 37.3 Å². The molecule has 0 aliphatic rings. The highest BCUT2D eigenvalue weighted by Gasteiger charge is 1.95. The third kappa shape index (κ3) is 3.43. The van der Waals surface area contributed by atoms with Crippen LogP contribution in [-0.2, 0) is 0 Å². The quantitative estimate of drug-likeness (QED) is 0.759. The Balaban J connectivity index is 2.92. The zero-order valence-corrected chi connectivity index (χ0v) is 10.2. The summed E-state index contributed by atoms with van der Waals surface area (Å²) in [7, 11) is 0. The first-order chi connectivity index (χ1) is 7.67.